The topological polar surface area (TPSA) is 145 Å². The number of nitriles is 1. The first kappa shape index (κ1) is 25.2. The minimum Gasteiger partial charge on any atom is -0.466 e. The zero-order valence-electron chi connectivity index (χ0n) is 20.3. The van der Waals surface area contributed by atoms with Crippen LogP contribution in [0.1, 0.15) is 17.0 Å². The molecule has 0 saturated heterocycles. The number of nitrogens with two attached hydrogens (primary N) is 1. The molecule has 1 aromatic heterocycles. The van der Waals surface area contributed by atoms with E-state index in [2.05, 4.69) is 6.07 Å². The summed E-state index contributed by atoms with van der Waals surface area (Å²) in [7, 11) is 3.84. The zero-order chi connectivity index (χ0) is 26.7. The van der Waals surface area contributed by atoms with Gasteiger partial charge in [0.1, 0.15) is 17.1 Å². The molecular formula is C27H23N3O7. The molecule has 3 aromatic rings. The van der Waals surface area contributed by atoms with Crippen LogP contribution in [0.5, 0.6) is 0 Å². The number of methoxy groups -OCH3 is 3. The average Bonchev–Trinajstić information content (AvgIpc) is 2.91. The van der Waals surface area contributed by atoms with E-state index in [9.17, 15) is 19.6 Å². The van der Waals surface area contributed by atoms with E-state index in [0.29, 0.717) is 16.5 Å². The van der Waals surface area contributed by atoms with Gasteiger partial charge in [-0.05, 0) is 23.3 Å². The molecule has 1 aliphatic rings. The highest BCUT2D eigenvalue weighted by Gasteiger charge is 2.43. The van der Waals surface area contributed by atoms with Gasteiger partial charge in [-0.2, -0.15) is 5.26 Å². The maximum Gasteiger partial charge on any atom is 0.355 e. The second-order valence-corrected chi connectivity index (χ2v) is 8.04. The molecule has 10 nitrogen and oxygen atoms in total. The van der Waals surface area contributed by atoms with E-state index in [1.54, 1.807) is 42.5 Å². The summed E-state index contributed by atoms with van der Waals surface area (Å²) in [6, 6.07) is 16.9. The maximum atomic E-state index is 13.2. The fourth-order valence-electron chi connectivity index (χ4n) is 4.41. The normalized spacial score (nSPS) is 15.5. The van der Waals surface area contributed by atoms with Crippen LogP contribution in [0.15, 0.2) is 86.5 Å². The summed E-state index contributed by atoms with van der Waals surface area (Å²) in [5.74, 6) is -2.81. The molecule has 0 amide bonds. The number of allylic oxidation sites excluding steroid dienone is 1. The van der Waals surface area contributed by atoms with E-state index >= 15 is 0 Å². The first-order chi connectivity index (χ1) is 17.9. The van der Waals surface area contributed by atoms with Gasteiger partial charge in [0.2, 0.25) is 0 Å². The number of nitrogens with zero attached hydrogens (tertiary/aromatic N) is 2. The number of carbonyl (C=O) groups is 2. The van der Waals surface area contributed by atoms with Gasteiger partial charge in [0.15, 0.2) is 0 Å². The van der Waals surface area contributed by atoms with E-state index in [1.807, 2.05) is 0 Å². The van der Waals surface area contributed by atoms with Crippen molar-refractivity contribution in [1.29, 1.82) is 5.26 Å². The molecule has 0 spiro atoms. The Kier molecular flexibility index (Phi) is 7.08. The predicted octanol–water partition coefficient (Wildman–Crippen LogP) is 2.84. The van der Waals surface area contributed by atoms with Gasteiger partial charge in [-0.25, -0.2) is 14.4 Å². The smallest absolute Gasteiger partial charge is 0.355 e. The molecule has 10 heteroatoms. The molecule has 0 saturated carbocycles. The van der Waals surface area contributed by atoms with Gasteiger partial charge in [-0.15, -0.1) is 0 Å². The summed E-state index contributed by atoms with van der Waals surface area (Å²) in [4.78, 5) is 39.7. The summed E-state index contributed by atoms with van der Waals surface area (Å²) in [5, 5.41) is 10.7. The van der Waals surface area contributed by atoms with Crippen molar-refractivity contribution in [3.63, 3.8) is 0 Å². The molecule has 37 heavy (non-hydrogen) atoms. The van der Waals surface area contributed by atoms with Gasteiger partial charge in [0.05, 0.1) is 49.6 Å². The Morgan fingerprint density at radius 2 is 1.76 bits per heavy atom. The van der Waals surface area contributed by atoms with E-state index in [1.165, 1.54) is 31.3 Å². The molecule has 1 aliphatic heterocycles. The second-order valence-electron chi connectivity index (χ2n) is 8.04. The van der Waals surface area contributed by atoms with Crippen LogP contribution in [0.25, 0.3) is 11.0 Å². The van der Waals surface area contributed by atoms with Gasteiger partial charge in [-0.3, -0.25) is 4.90 Å². The minimum absolute atomic E-state index is 0.0222. The van der Waals surface area contributed by atoms with Gasteiger partial charge in [0, 0.05) is 24.6 Å². The third-order valence-corrected chi connectivity index (χ3v) is 5.98. The maximum absolute atomic E-state index is 13.2. The summed E-state index contributed by atoms with van der Waals surface area (Å²) in [6.45, 7) is 0.171. The largest absolute Gasteiger partial charge is 0.466 e. The summed E-state index contributed by atoms with van der Waals surface area (Å²) in [5.41, 5.74) is 7.18. The van der Waals surface area contributed by atoms with Crippen LogP contribution < -0.4 is 16.3 Å². The summed E-state index contributed by atoms with van der Waals surface area (Å²) < 4.78 is 20.6. The van der Waals surface area contributed by atoms with Gasteiger partial charge in [0.25, 0.3) is 0 Å². The Bertz CT molecular complexity index is 1550. The van der Waals surface area contributed by atoms with E-state index in [0.717, 1.165) is 7.11 Å². The number of rotatable bonds is 6. The van der Waals surface area contributed by atoms with Gasteiger partial charge >= 0.3 is 17.6 Å². The predicted molar refractivity (Wildman–Crippen MR) is 133 cm³/mol. The minimum atomic E-state index is -0.990. The van der Waals surface area contributed by atoms with Crippen molar-refractivity contribution in [2.75, 3.05) is 26.2 Å². The van der Waals surface area contributed by atoms with Crippen molar-refractivity contribution < 1.29 is 28.2 Å². The SMILES string of the molecule is COCc1cc(=O)oc2cc(N3C(N)=C(C#N)C(c4ccccc4)C(C(=O)OC)=C3C(=O)OC)ccc12. The van der Waals surface area contributed by atoms with Crippen molar-refractivity contribution >= 4 is 28.6 Å². The van der Waals surface area contributed by atoms with Crippen molar-refractivity contribution in [3.05, 3.63) is 98.8 Å². The Labute approximate surface area is 211 Å². The molecule has 2 N–H and O–H groups in total. The first-order valence-electron chi connectivity index (χ1n) is 11.1. The zero-order valence-corrected chi connectivity index (χ0v) is 20.3. The number of ether oxygens (including phenoxy) is 3. The van der Waals surface area contributed by atoms with Crippen molar-refractivity contribution in [2.45, 2.75) is 12.5 Å². The number of fused-ring (bicyclic) bond motifs is 1. The number of hydrogen-bond acceptors (Lipinski definition) is 10. The molecule has 1 atom stereocenters. The Hall–Kier alpha value is -4.88. The lowest BCUT2D eigenvalue weighted by atomic mass is 9.81. The van der Waals surface area contributed by atoms with Crippen molar-refractivity contribution in [2.24, 2.45) is 5.73 Å². The highest BCUT2D eigenvalue weighted by atomic mass is 16.5. The highest BCUT2D eigenvalue weighted by Crippen LogP contribution is 2.43. The fraction of sp³-hybridized carbons (Fsp3) is 0.185. The molecule has 4 rings (SSSR count). The molecule has 0 fully saturated rings. The monoisotopic (exact) mass is 501 g/mol. The highest BCUT2D eigenvalue weighted by molar-refractivity contribution is 6.06. The Morgan fingerprint density at radius 1 is 1.05 bits per heavy atom. The Morgan fingerprint density at radius 3 is 2.38 bits per heavy atom. The number of hydrogen-bond donors (Lipinski definition) is 1. The lowest BCUT2D eigenvalue weighted by Gasteiger charge is -2.35. The van der Waals surface area contributed by atoms with Crippen LogP contribution in [-0.4, -0.2) is 33.3 Å². The van der Waals surface area contributed by atoms with Crippen LogP contribution in [0, 0.1) is 11.3 Å². The quantitative estimate of drug-likeness (QED) is 0.395. The second kappa shape index (κ2) is 10.4. The number of esters is 2. The molecule has 0 radical (unpaired) electrons. The molecule has 0 aliphatic carbocycles. The van der Waals surface area contributed by atoms with E-state index in [4.69, 9.17) is 24.4 Å². The Balaban J connectivity index is 2.05. The summed E-state index contributed by atoms with van der Waals surface area (Å²) in [6.07, 6.45) is 0. The van der Waals surface area contributed by atoms with Crippen LogP contribution in [0.3, 0.4) is 0 Å². The first-order valence-corrected chi connectivity index (χ1v) is 11.1. The molecule has 2 aromatic carbocycles. The molecule has 2 heterocycles. The third-order valence-electron chi connectivity index (χ3n) is 5.98. The third kappa shape index (κ3) is 4.44. The van der Waals surface area contributed by atoms with Crippen molar-refractivity contribution in [3.8, 4) is 6.07 Å². The summed E-state index contributed by atoms with van der Waals surface area (Å²) >= 11 is 0. The van der Waals surface area contributed by atoms with Crippen molar-refractivity contribution in [1.82, 2.24) is 0 Å². The van der Waals surface area contributed by atoms with E-state index < -0.39 is 23.5 Å². The van der Waals surface area contributed by atoms with Gasteiger partial charge < -0.3 is 24.4 Å². The average molecular weight is 501 g/mol. The van der Waals surface area contributed by atoms with Crippen LogP contribution in [-0.2, 0) is 30.4 Å². The number of anilines is 1. The standard InChI is InChI=1S/C27H23N3O7/c1-34-14-16-11-21(31)37-20-12-17(9-10-18(16)20)30-24(27(33)36-3)23(26(32)35-2)22(19(13-28)25(30)29)15-7-5-4-6-8-15/h4-12,22H,14,29H2,1-3H3. The molecule has 0 bridgehead atoms. The number of benzene rings is 2. The molecule has 188 valence electrons. The molecule has 1 unspecified atom stereocenters. The van der Waals surface area contributed by atoms with Crippen LogP contribution >= 0.6 is 0 Å². The van der Waals surface area contributed by atoms with Crippen LogP contribution in [0.2, 0.25) is 0 Å². The lowest BCUT2D eigenvalue weighted by molar-refractivity contribution is -0.139. The van der Waals surface area contributed by atoms with E-state index in [-0.39, 0.29) is 40.5 Å². The van der Waals surface area contributed by atoms with Crippen LogP contribution in [0.4, 0.5) is 5.69 Å². The molecular weight excluding hydrogens is 478 g/mol. The van der Waals surface area contributed by atoms with Gasteiger partial charge in [-0.1, -0.05) is 30.3 Å². The fourth-order valence-corrected chi connectivity index (χ4v) is 4.41. The lowest BCUT2D eigenvalue weighted by Crippen LogP contribution is -2.40. The number of carbonyl (C=O) groups excluding carboxylic acids is 2.